The monoisotopic (exact) mass is 323 g/mol. The summed E-state index contributed by atoms with van der Waals surface area (Å²) in [5, 5.41) is 8.76. The lowest BCUT2D eigenvalue weighted by Crippen LogP contribution is -2.24. The molecule has 1 aromatic heterocycles. The van der Waals surface area contributed by atoms with Crippen molar-refractivity contribution in [3.63, 3.8) is 0 Å². The fourth-order valence-corrected chi connectivity index (χ4v) is 3.35. The third-order valence-electron chi connectivity index (χ3n) is 3.61. The van der Waals surface area contributed by atoms with Gasteiger partial charge in [-0.1, -0.05) is 6.07 Å². The molecule has 118 valence electrons. The SMILES string of the molecule is Cc1ccc(S(=O)(=O)NCc2ccc(C(=O)O)o2)c(C)c1C. The minimum Gasteiger partial charge on any atom is -0.475 e. The smallest absolute Gasteiger partial charge is 0.371 e. The van der Waals surface area contributed by atoms with E-state index >= 15 is 0 Å². The number of aromatic carboxylic acids is 1. The van der Waals surface area contributed by atoms with E-state index in [2.05, 4.69) is 4.72 Å². The number of hydrogen-bond acceptors (Lipinski definition) is 4. The second-order valence-corrected chi connectivity index (χ2v) is 6.76. The summed E-state index contributed by atoms with van der Waals surface area (Å²) in [5.41, 5.74) is 2.64. The van der Waals surface area contributed by atoms with Gasteiger partial charge >= 0.3 is 5.97 Å². The first-order valence-corrected chi connectivity index (χ1v) is 8.09. The summed E-state index contributed by atoms with van der Waals surface area (Å²) in [6, 6.07) is 6.03. The van der Waals surface area contributed by atoms with Gasteiger partial charge in [0.05, 0.1) is 11.4 Å². The minimum absolute atomic E-state index is 0.109. The highest BCUT2D eigenvalue weighted by molar-refractivity contribution is 7.89. The lowest BCUT2D eigenvalue weighted by atomic mass is 10.1. The molecule has 2 rings (SSSR count). The second-order valence-electron chi connectivity index (χ2n) is 5.03. The molecule has 0 saturated carbocycles. The van der Waals surface area contributed by atoms with Crippen molar-refractivity contribution in [1.82, 2.24) is 4.72 Å². The van der Waals surface area contributed by atoms with Crippen molar-refractivity contribution in [2.45, 2.75) is 32.2 Å². The molecule has 0 unspecified atom stereocenters. The zero-order valence-corrected chi connectivity index (χ0v) is 13.3. The van der Waals surface area contributed by atoms with Crippen LogP contribution in [-0.4, -0.2) is 19.5 Å². The van der Waals surface area contributed by atoms with Gasteiger partial charge in [0.15, 0.2) is 0 Å². The Morgan fingerprint density at radius 1 is 1.14 bits per heavy atom. The van der Waals surface area contributed by atoms with E-state index in [4.69, 9.17) is 9.52 Å². The van der Waals surface area contributed by atoms with Crippen LogP contribution in [0.5, 0.6) is 0 Å². The Balaban J connectivity index is 2.21. The molecule has 0 amide bonds. The number of carboxylic acid groups (broad SMARTS) is 1. The number of furan rings is 1. The summed E-state index contributed by atoms with van der Waals surface area (Å²) in [4.78, 5) is 10.9. The molecule has 6 nitrogen and oxygen atoms in total. The van der Waals surface area contributed by atoms with E-state index in [1.165, 1.54) is 12.1 Å². The van der Waals surface area contributed by atoms with Crippen LogP contribution < -0.4 is 4.72 Å². The molecule has 7 heteroatoms. The number of aryl methyl sites for hydroxylation is 1. The molecular weight excluding hydrogens is 306 g/mol. The predicted octanol–water partition coefficient (Wildman–Crippen LogP) is 2.38. The minimum atomic E-state index is -3.70. The first-order valence-electron chi connectivity index (χ1n) is 6.61. The molecule has 2 N–H and O–H groups in total. The highest BCUT2D eigenvalue weighted by Gasteiger charge is 2.19. The van der Waals surface area contributed by atoms with Crippen LogP contribution in [0.25, 0.3) is 0 Å². The third kappa shape index (κ3) is 3.20. The van der Waals surface area contributed by atoms with Gasteiger partial charge in [-0.25, -0.2) is 17.9 Å². The first-order chi connectivity index (χ1) is 10.2. The van der Waals surface area contributed by atoms with Crippen LogP contribution in [0.15, 0.2) is 33.6 Å². The maximum Gasteiger partial charge on any atom is 0.371 e. The number of hydrogen-bond donors (Lipinski definition) is 2. The Labute approximate surface area is 128 Å². The van der Waals surface area contributed by atoms with Gasteiger partial charge in [-0.3, -0.25) is 0 Å². The molecule has 0 spiro atoms. The number of benzene rings is 1. The lowest BCUT2D eigenvalue weighted by Gasteiger charge is -2.12. The zero-order valence-electron chi connectivity index (χ0n) is 12.5. The van der Waals surface area contributed by atoms with E-state index in [9.17, 15) is 13.2 Å². The van der Waals surface area contributed by atoms with Crippen LogP contribution >= 0.6 is 0 Å². The molecule has 0 aliphatic rings. The van der Waals surface area contributed by atoms with E-state index in [0.717, 1.165) is 11.1 Å². The molecule has 0 aliphatic carbocycles. The number of rotatable bonds is 5. The maximum absolute atomic E-state index is 12.4. The molecule has 2 aromatic rings. The Bertz CT molecular complexity index is 820. The largest absolute Gasteiger partial charge is 0.475 e. The van der Waals surface area contributed by atoms with Crippen molar-refractivity contribution in [2.75, 3.05) is 0 Å². The van der Waals surface area contributed by atoms with Crippen LogP contribution in [0.4, 0.5) is 0 Å². The van der Waals surface area contributed by atoms with E-state index < -0.39 is 16.0 Å². The van der Waals surface area contributed by atoms with E-state index in [1.807, 2.05) is 13.8 Å². The maximum atomic E-state index is 12.4. The van der Waals surface area contributed by atoms with Crippen molar-refractivity contribution in [3.8, 4) is 0 Å². The van der Waals surface area contributed by atoms with Crippen molar-refractivity contribution in [2.24, 2.45) is 0 Å². The average Bonchev–Trinajstić information content (AvgIpc) is 2.91. The van der Waals surface area contributed by atoms with Gasteiger partial charge in [-0.05, 0) is 55.7 Å². The van der Waals surface area contributed by atoms with Gasteiger partial charge in [0.1, 0.15) is 5.76 Å². The van der Waals surface area contributed by atoms with Crippen LogP contribution in [0.2, 0.25) is 0 Å². The predicted molar refractivity (Wildman–Crippen MR) is 80.3 cm³/mol. The summed E-state index contributed by atoms with van der Waals surface area (Å²) >= 11 is 0. The first kappa shape index (κ1) is 16.3. The van der Waals surface area contributed by atoms with Crippen molar-refractivity contribution in [3.05, 3.63) is 52.5 Å². The summed E-state index contributed by atoms with van der Waals surface area (Å²) in [5.74, 6) is -1.18. The van der Waals surface area contributed by atoms with Gasteiger partial charge in [-0.15, -0.1) is 0 Å². The lowest BCUT2D eigenvalue weighted by molar-refractivity contribution is 0.0660. The molecule has 0 saturated heterocycles. The Morgan fingerprint density at radius 2 is 1.82 bits per heavy atom. The zero-order chi connectivity index (χ0) is 16.5. The number of sulfonamides is 1. The summed E-state index contributed by atoms with van der Waals surface area (Å²) < 4.78 is 32.2. The van der Waals surface area contributed by atoms with Gasteiger partial charge in [0.25, 0.3) is 0 Å². The quantitative estimate of drug-likeness (QED) is 0.880. The van der Waals surface area contributed by atoms with Crippen LogP contribution in [-0.2, 0) is 16.6 Å². The van der Waals surface area contributed by atoms with Crippen LogP contribution in [0.1, 0.15) is 33.0 Å². The molecule has 1 heterocycles. The van der Waals surface area contributed by atoms with Crippen LogP contribution in [0.3, 0.4) is 0 Å². The Kier molecular flexibility index (Phi) is 4.39. The van der Waals surface area contributed by atoms with Crippen LogP contribution in [0, 0.1) is 20.8 Å². The van der Waals surface area contributed by atoms with E-state index in [-0.39, 0.29) is 23.0 Å². The third-order valence-corrected chi connectivity index (χ3v) is 5.15. The normalized spacial score (nSPS) is 11.6. The van der Waals surface area contributed by atoms with Gasteiger partial charge in [-0.2, -0.15) is 0 Å². The number of carbonyl (C=O) groups is 1. The van der Waals surface area contributed by atoms with Crippen molar-refractivity contribution in [1.29, 1.82) is 0 Å². The van der Waals surface area contributed by atoms with E-state index in [1.54, 1.807) is 19.1 Å². The highest BCUT2D eigenvalue weighted by atomic mass is 32.2. The molecule has 0 radical (unpaired) electrons. The summed E-state index contributed by atoms with van der Waals surface area (Å²) in [6.45, 7) is 5.44. The van der Waals surface area contributed by atoms with Gasteiger partial charge in [0.2, 0.25) is 15.8 Å². The molecule has 0 fully saturated rings. The molecule has 0 aliphatic heterocycles. The molecule has 1 aromatic carbocycles. The van der Waals surface area contributed by atoms with Gasteiger partial charge < -0.3 is 9.52 Å². The number of nitrogens with one attached hydrogen (secondary N) is 1. The summed E-state index contributed by atoms with van der Waals surface area (Å²) in [7, 11) is -3.70. The second kappa shape index (κ2) is 5.94. The highest BCUT2D eigenvalue weighted by Crippen LogP contribution is 2.21. The van der Waals surface area contributed by atoms with Gasteiger partial charge in [0, 0.05) is 0 Å². The topological polar surface area (TPSA) is 96.6 Å². The van der Waals surface area contributed by atoms with E-state index in [0.29, 0.717) is 5.56 Å². The standard InChI is InChI=1S/C15H17NO5S/c1-9-4-7-14(11(3)10(9)2)22(19,20)16-8-12-5-6-13(21-12)15(17)18/h4-7,16H,8H2,1-3H3,(H,17,18). The fraction of sp³-hybridized carbons (Fsp3) is 0.267. The number of carboxylic acids is 1. The Morgan fingerprint density at radius 3 is 2.41 bits per heavy atom. The molecule has 22 heavy (non-hydrogen) atoms. The molecular formula is C15H17NO5S. The van der Waals surface area contributed by atoms with Crippen molar-refractivity contribution < 1.29 is 22.7 Å². The fourth-order valence-electron chi connectivity index (χ4n) is 2.05. The molecule has 0 bridgehead atoms. The summed E-state index contributed by atoms with van der Waals surface area (Å²) in [6.07, 6.45) is 0. The van der Waals surface area contributed by atoms with Crippen molar-refractivity contribution >= 4 is 16.0 Å². The Hall–Kier alpha value is -2.12. The molecule has 0 atom stereocenters. The average molecular weight is 323 g/mol.